The molecule has 2 aliphatic heterocycles. The minimum Gasteiger partial charge on any atom is -0.353 e. The second-order valence-electron chi connectivity index (χ2n) is 8.39. The summed E-state index contributed by atoms with van der Waals surface area (Å²) in [4.78, 5) is 29.5. The van der Waals surface area contributed by atoms with E-state index in [0.29, 0.717) is 18.5 Å². The van der Waals surface area contributed by atoms with Gasteiger partial charge in [-0.3, -0.25) is 14.5 Å². The van der Waals surface area contributed by atoms with Crippen LogP contribution >= 0.6 is 0 Å². The number of likely N-dealkylation sites (tertiary alicyclic amines) is 2. The lowest BCUT2D eigenvalue weighted by molar-refractivity contribution is -0.132. The Bertz CT molecular complexity index is 651. The Morgan fingerprint density at radius 1 is 0.963 bits per heavy atom. The molecule has 2 saturated heterocycles. The van der Waals surface area contributed by atoms with Crippen LogP contribution in [0.2, 0.25) is 0 Å². The van der Waals surface area contributed by atoms with Crippen molar-refractivity contribution in [1.82, 2.24) is 15.1 Å². The van der Waals surface area contributed by atoms with Crippen LogP contribution in [0.15, 0.2) is 30.3 Å². The molecular weight excluding hydrogens is 338 g/mol. The number of amides is 2. The fourth-order valence-corrected chi connectivity index (χ4v) is 4.46. The van der Waals surface area contributed by atoms with Crippen molar-refractivity contribution in [1.29, 1.82) is 0 Å². The molecule has 2 heterocycles. The molecule has 2 amide bonds. The number of hydrogen-bond acceptors (Lipinski definition) is 3. The van der Waals surface area contributed by atoms with Crippen LogP contribution in [0.1, 0.15) is 44.1 Å². The van der Waals surface area contributed by atoms with E-state index in [0.717, 1.165) is 70.3 Å². The molecule has 4 rings (SSSR count). The number of carbonyl (C=O) groups is 2. The molecule has 1 aromatic carbocycles. The van der Waals surface area contributed by atoms with Gasteiger partial charge in [-0.1, -0.05) is 30.3 Å². The highest BCUT2D eigenvalue weighted by Gasteiger charge is 2.34. The van der Waals surface area contributed by atoms with Gasteiger partial charge in [-0.25, -0.2) is 0 Å². The Balaban J connectivity index is 1.24. The third-order valence-corrected chi connectivity index (χ3v) is 6.28. The minimum atomic E-state index is 0.150. The summed E-state index contributed by atoms with van der Waals surface area (Å²) in [6.07, 6.45) is 6.97. The summed E-state index contributed by atoms with van der Waals surface area (Å²) in [5.41, 5.74) is 1.09. The quantitative estimate of drug-likeness (QED) is 0.866. The second-order valence-corrected chi connectivity index (χ2v) is 8.39. The molecule has 1 unspecified atom stereocenters. The van der Waals surface area contributed by atoms with Crippen molar-refractivity contribution >= 4 is 11.8 Å². The van der Waals surface area contributed by atoms with Crippen LogP contribution in [0.5, 0.6) is 0 Å². The molecule has 3 aliphatic rings. The number of piperidine rings is 2. The maximum Gasteiger partial charge on any atom is 0.226 e. The molecule has 1 aromatic rings. The summed E-state index contributed by atoms with van der Waals surface area (Å²) >= 11 is 0. The van der Waals surface area contributed by atoms with Crippen LogP contribution in [0.4, 0.5) is 0 Å². The molecule has 27 heavy (non-hydrogen) atoms. The van der Waals surface area contributed by atoms with E-state index in [1.807, 2.05) is 35.2 Å². The third-order valence-electron chi connectivity index (χ3n) is 6.28. The van der Waals surface area contributed by atoms with Crippen LogP contribution in [0.25, 0.3) is 0 Å². The fourth-order valence-electron chi connectivity index (χ4n) is 4.46. The molecular formula is C22H31N3O2. The molecule has 1 atom stereocenters. The smallest absolute Gasteiger partial charge is 0.226 e. The van der Waals surface area contributed by atoms with E-state index >= 15 is 0 Å². The Labute approximate surface area is 162 Å². The molecule has 1 saturated carbocycles. The maximum absolute atomic E-state index is 12.6. The molecule has 1 aliphatic carbocycles. The lowest BCUT2D eigenvalue weighted by Gasteiger charge is -2.42. The van der Waals surface area contributed by atoms with Gasteiger partial charge in [0, 0.05) is 31.7 Å². The summed E-state index contributed by atoms with van der Waals surface area (Å²) in [6.45, 7) is 3.66. The van der Waals surface area contributed by atoms with Crippen molar-refractivity contribution in [2.24, 2.45) is 5.92 Å². The summed E-state index contributed by atoms with van der Waals surface area (Å²) in [5.74, 6) is 0.648. The normalized spacial score (nSPS) is 24.6. The number of nitrogens with one attached hydrogen (secondary N) is 1. The zero-order valence-corrected chi connectivity index (χ0v) is 16.1. The Hall–Kier alpha value is -1.88. The minimum absolute atomic E-state index is 0.150. The van der Waals surface area contributed by atoms with Gasteiger partial charge in [-0.05, 0) is 50.6 Å². The fraction of sp³-hybridized carbons (Fsp3) is 0.636. The highest BCUT2D eigenvalue weighted by molar-refractivity contribution is 5.79. The molecule has 1 N–H and O–H groups in total. The first-order valence-corrected chi connectivity index (χ1v) is 10.5. The van der Waals surface area contributed by atoms with E-state index in [2.05, 4.69) is 10.2 Å². The average molecular weight is 370 g/mol. The topological polar surface area (TPSA) is 52.7 Å². The van der Waals surface area contributed by atoms with Gasteiger partial charge in [0.2, 0.25) is 11.8 Å². The van der Waals surface area contributed by atoms with Crippen molar-refractivity contribution in [2.45, 2.75) is 57.0 Å². The van der Waals surface area contributed by atoms with Gasteiger partial charge in [0.15, 0.2) is 0 Å². The molecule has 0 spiro atoms. The number of nitrogens with zero attached hydrogens (tertiary/aromatic N) is 2. The van der Waals surface area contributed by atoms with E-state index in [1.54, 1.807) is 0 Å². The van der Waals surface area contributed by atoms with Gasteiger partial charge in [0.25, 0.3) is 0 Å². The first kappa shape index (κ1) is 18.5. The largest absolute Gasteiger partial charge is 0.353 e. The Morgan fingerprint density at radius 2 is 1.70 bits per heavy atom. The van der Waals surface area contributed by atoms with Crippen LogP contribution in [0, 0.1) is 5.92 Å². The summed E-state index contributed by atoms with van der Waals surface area (Å²) in [7, 11) is 0. The van der Waals surface area contributed by atoms with Gasteiger partial charge in [-0.15, -0.1) is 0 Å². The predicted octanol–water partition coefficient (Wildman–Crippen LogP) is 2.21. The summed E-state index contributed by atoms with van der Waals surface area (Å²) in [5, 5.41) is 3.17. The van der Waals surface area contributed by atoms with Crippen molar-refractivity contribution in [3.05, 3.63) is 35.9 Å². The molecule has 0 bridgehead atoms. The lowest BCUT2D eigenvalue weighted by atomic mass is 9.93. The molecule has 0 aromatic heterocycles. The standard InChI is InChI=1S/C22H31N3O2/c26-21(15-17-5-2-1-3-6-17)24-13-10-20(11-14-24)25-12-4-7-18(16-25)22(27)23-19-8-9-19/h1-3,5-6,18-20H,4,7-16H2,(H,23,27). The zero-order valence-electron chi connectivity index (χ0n) is 16.1. The predicted molar refractivity (Wildman–Crippen MR) is 105 cm³/mol. The molecule has 0 radical (unpaired) electrons. The summed E-state index contributed by atoms with van der Waals surface area (Å²) < 4.78 is 0. The van der Waals surface area contributed by atoms with Gasteiger partial charge >= 0.3 is 0 Å². The SMILES string of the molecule is O=C(NC1CC1)C1CCCN(C2CCN(C(=O)Cc3ccccc3)CC2)C1. The Morgan fingerprint density at radius 3 is 2.41 bits per heavy atom. The van der Waals surface area contributed by atoms with Crippen LogP contribution in [-0.2, 0) is 16.0 Å². The monoisotopic (exact) mass is 369 g/mol. The number of carbonyl (C=O) groups excluding carboxylic acids is 2. The number of rotatable bonds is 5. The van der Waals surface area contributed by atoms with E-state index in [-0.39, 0.29) is 17.7 Å². The first-order valence-electron chi connectivity index (χ1n) is 10.5. The van der Waals surface area contributed by atoms with Gasteiger partial charge < -0.3 is 10.2 Å². The highest BCUT2D eigenvalue weighted by atomic mass is 16.2. The van der Waals surface area contributed by atoms with Crippen molar-refractivity contribution < 1.29 is 9.59 Å². The average Bonchev–Trinajstić information content (AvgIpc) is 3.53. The van der Waals surface area contributed by atoms with Gasteiger partial charge in [-0.2, -0.15) is 0 Å². The van der Waals surface area contributed by atoms with E-state index < -0.39 is 0 Å². The van der Waals surface area contributed by atoms with Crippen molar-refractivity contribution in [3.63, 3.8) is 0 Å². The first-order chi connectivity index (χ1) is 13.2. The molecule has 3 fully saturated rings. The highest BCUT2D eigenvalue weighted by Crippen LogP contribution is 2.26. The molecule has 146 valence electrons. The summed E-state index contributed by atoms with van der Waals surface area (Å²) in [6, 6.07) is 11.0. The lowest BCUT2D eigenvalue weighted by Crippen LogP contribution is -2.51. The third kappa shape index (κ3) is 4.89. The molecule has 5 heteroatoms. The maximum atomic E-state index is 12.6. The van der Waals surface area contributed by atoms with Crippen LogP contribution in [0.3, 0.4) is 0 Å². The zero-order chi connectivity index (χ0) is 18.6. The molecule has 5 nitrogen and oxygen atoms in total. The van der Waals surface area contributed by atoms with Crippen molar-refractivity contribution in [3.8, 4) is 0 Å². The second kappa shape index (κ2) is 8.42. The van der Waals surface area contributed by atoms with Gasteiger partial charge in [0.05, 0.1) is 12.3 Å². The van der Waals surface area contributed by atoms with E-state index in [9.17, 15) is 9.59 Å². The van der Waals surface area contributed by atoms with E-state index in [4.69, 9.17) is 0 Å². The Kier molecular flexibility index (Phi) is 5.77. The van der Waals surface area contributed by atoms with Crippen LogP contribution < -0.4 is 5.32 Å². The number of hydrogen-bond donors (Lipinski definition) is 1. The van der Waals surface area contributed by atoms with Crippen molar-refractivity contribution in [2.75, 3.05) is 26.2 Å². The van der Waals surface area contributed by atoms with Gasteiger partial charge in [0.1, 0.15) is 0 Å². The van der Waals surface area contributed by atoms with Crippen LogP contribution in [-0.4, -0.2) is 59.9 Å². The number of benzene rings is 1. The van der Waals surface area contributed by atoms with E-state index in [1.165, 1.54) is 0 Å².